The highest BCUT2D eigenvalue weighted by atomic mass is 35.5. The van der Waals surface area contributed by atoms with Crippen LogP contribution in [0.5, 0.6) is 0 Å². The summed E-state index contributed by atoms with van der Waals surface area (Å²) in [5.41, 5.74) is 0.635. The Morgan fingerprint density at radius 1 is 1.21 bits per heavy atom. The maximum absolute atomic E-state index is 11.9. The number of carbonyl (C=O) groups excluding carboxylic acids is 1. The van der Waals surface area contributed by atoms with Gasteiger partial charge >= 0.3 is 0 Å². The largest absolute Gasteiger partial charge is 0.382 e. The van der Waals surface area contributed by atoms with Crippen molar-refractivity contribution in [3.63, 3.8) is 0 Å². The van der Waals surface area contributed by atoms with E-state index in [1.54, 1.807) is 31.4 Å². The van der Waals surface area contributed by atoms with Crippen molar-refractivity contribution in [2.75, 3.05) is 26.9 Å². The highest BCUT2D eigenvalue weighted by molar-refractivity contribution is 6.30. The number of hydrogen-bond acceptors (Lipinski definition) is 3. The highest BCUT2D eigenvalue weighted by Crippen LogP contribution is 2.15. The summed E-state index contributed by atoms with van der Waals surface area (Å²) in [5, 5.41) is 0.399. The molecule has 0 aliphatic rings. The van der Waals surface area contributed by atoms with Crippen LogP contribution in [0.3, 0.4) is 0 Å². The second-order valence-corrected chi connectivity index (χ2v) is 5.18. The zero-order chi connectivity index (χ0) is 14.1. The van der Waals surface area contributed by atoms with E-state index in [0.29, 0.717) is 43.2 Å². The number of benzene rings is 1. The minimum Gasteiger partial charge on any atom is -0.382 e. The van der Waals surface area contributed by atoms with Crippen molar-refractivity contribution in [3.05, 3.63) is 34.9 Å². The van der Waals surface area contributed by atoms with E-state index < -0.39 is 0 Å². The number of hydrogen-bond donors (Lipinski definition) is 0. The lowest BCUT2D eigenvalue weighted by Crippen LogP contribution is -2.12. The van der Waals surface area contributed by atoms with Crippen LogP contribution in [-0.2, 0) is 9.47 Å². The zero-order valence-corrected chi connectivity index (χ0v) is 12.4. The average Bonchev–Trinajstić information content (AvgIpc) is 2.39. The minimum atomic E-state index is -0.217. The molecule has 0 N–H and O–H groups in total. The first-order valence-electron chi connectivity index (χ1n) is 6.13. The molecule has 0 fully saturated rings. The average molecular weight is 305 g/mol. The monoisotopic (exact) mass is 304 g/mol. The lowest BCUT2D eigenvalue weighted by Gasteiger charge is -2.09. The third kappa shape index (κ3) is 6.92. The van der Waals surface area contributed by atoms with Crippen LogP contribution in [0.2, 0.25) is 5.02 Å². The van der Waals surface area contributed by atoms with E-state index in [1.165, 1.54) is 0 Å². The molecule has 0 spiro atoms. The molecule has 1 aromatic rings. The van der Waals surface area contributed by atoms with E-state index in [9.17, 15) is 4.79 Å². The predicted octanol–water partition coefficient (Wildman–Crippen LogP) is 3.57. The summed E-state index contributed by atoms with van der Waals surface area (Å²) in [6.45, 7) is 1.65. The first kappa shape index (κ1) is 16.4. The SMILES string of the molecule is COCCOCCC(Cl)CC(=O)c1ccc(Cl)cc1. The van der Waals surface area contributed by atoms with Gasteiger partial charge in [0, 0.05) is 36.1 Å². The molecule has 0 bridgehead atoms. The Labute approximate surface area is 123 Å². The fourth-order valence-corrected chi connectivity index (χ4v) is 1.87. The molecule has 0 saturated heterocycles. The fraction of sp³-hybridized carbons (Fsp3) is 0.500. The maximum Gasteiger partial charge on any atom is 0.164 e. The van der Waals surface area contributed by atoms with Crippen LogP contribution in [0, 0.1) is 0 Å². The molecule has 3 nitrogen and oxygen atoms in total. The first-order valence-corrected chi connectivity index (χ1v) is 6.94. The van der Waals surface area contributed by atoms with Gasteiger partial charge in [-0.1, -0.05) is 11.6 Å². The molecule has 1 atom stereocenters. The van der Waals surface area contributed by atoms with Crippen molar-refractivity contribution in [2.45, 2.75) is 18.2 Å². The number of ketones is 1. The minimum absolute atomic E-state index is 0.0218. The number of alkyl halides is 1. The number of methoxy groups -OCH3 is 1. The van der Waals surface area contributed by atoms with Gasteiger partial charge in [-0.3, -0.25) is 4.79 Å². The molecule has 0 radical (unpaired) electrons. The number of Topliss-reactive ketones (excluding diaryl/α,β-unsaturated/α-hetero) is 1. The molecular formula is C14H18Cl2O3. The summed E-state index contributed by atoms with van der Waals surface area (Å²) in [5.74, 6) is 0.0218. The van der Waals surface area contributed by atoms with Crippen LogP contribution in [-0.4, -0.2) is 38.1 Å². The summed E-state index contributed by atoms with van der Waals surface area (Å²) < 4.78 is 10.2. The molecule has 0 saturated carbocycles. The molecule has 1 unspecified atom stereocenters. The van der Waals surface area contributed by atoms with E-state index >= 15 is 0 Å². The fourth-order valence-electron chi connectivity index (χ4n) is 1.51. The Morgan fingerprint density at radius 3 is 2.53 bits per heavy atom. The zero-order valence-electron chi connectivity index (χ0n) is 10.9. The maximum atomic E-state index is 11.9. The number of carbonyl (C=O) groups is 1. The second-order valence-electron chi connectivity index (χ2n) is 4.13. The van der Waals surface area contributed by atoms with Gasteiger partial charge in [-0.15, -0.1) is 11.6 Å². The Hall–Kier alpha value is -0.610. The molecule has 0 aliphatic carbocycles. The molecule has 0 aromatic heterocycles. The van der Waals surface area contributed by atoms with Crippen molar-refractivity contribution in [1.29, 1.82) is 0 Å². The Bertz CT molecular complexity index is 379. The summed E-state index contributed by atoms with van der Waals surface area (Å²) in [6, 6.07) is 6.82. The normalized spacial score (nSPS) is 12.4. The molecule has 1 rings (SSSR count). The van der Waals surface area contributed by atoms with Crippen LogP contribution in [0.25, 0.3) is 0 Å². The van der Waals surface area contributed by atoms with Crippen LogP contribution < -0.4 is 0 Å². The molecular weight excluding hydrogens is 287 g/mol. The van der Waals surface area contributed by atoms with Gasteiger partial charge in [-0.2, -0.15) is 0 Å². The second kappa shape index (κ2) is 9.32. The molecule has 1 aromatic carbocycles. The Balaban J connectivity index is 2.26. The molecule has 0 aliphatic heterocycles. The van der Waals surface area contributed by atoms with Gasteiger partial charge in [0.05, 0.1) is 13.2 Å². The highest BCUT2D eigenvalue weighted by Gasteiger charge is 2.12. The van der Waals surface area contributed by atoms with Gasteiger partial charge in [-0.05, 0) is 30.7 Å². The Morgan fingerprint density at radius 2 is 1.89 bits per heavy atom. The first-order chi connectivity index (χ1) is 9.13. The van der Waals surface area contributed by atoms with E-state index in [4.69, 9.17) is 32.7 Å². The van der Waals surface area contributed by atoms with Crippen molar-refractivity contribution >= 4 is 29.0 Å². The number of ether oxygens (including phenoxy) is 2. The third-order valence-electron chi connectivity index (χ3n) is 2.58. The van der Waals surface area contributed by atoms with Gasteiger partial charge in [0.15, 0.2) is 5.78 Å². The van der Waals surface area contributed by atoms with E-state index in [2.05, 4.69) is 0 Å². The van der Waals surface area contributed by atoms with Crippen LogP contribution in [0.15, 0.2) is 24.3 Å². The van der Waals surface area contributed by atoms with Crippen LogP contribution in [0.4, 0.5) is 0 Å². The quantitative estimate of drug-likeness (QED) is 0.397. The van der Waals surface area contributed by atoms with Crippen molar-refractivity contribution < 1.29 is 14.3 Å². The third-order valence-corrected chi connectivity index (χ3v) is 3.20. The number of rotatable bonds is 9. The van der Waals surface area contributed by atoms with Crippen molar-refractivity contribution in [2.24, 2.45) is 0 Å². The van der Waals surface area contributed by atoms with Crippen LogP contribution >= 0.6 is 23.2 Å². The van der Waals surface area contributed by atoms with E-state index in [0.717, 1.165) is 0 Å². The predicted molar refractivity (Wildman–Crippen MR) is 77.4 cm³/mol. The lowest BCUT2D eigenvalue weighted by atomic mass is 10.1. The van der Waals surface area contributed by atoms with Gasteiger partial charge < -0.3 is 9.47 Å². The van der Waals surface area contributed by atoms with Crippen molar-refractivity contribution in [3.8, 4) is 0 Å². The van der Waals surface area contributed by atoms with Gasteiger partial charge in [-0.25, -0.2) is 0 Å². The van der Waals surface area contributed by atoms with Gasteiger partial charge in [0.2, 0.25) is 0 Å². The van der Waals surface area contributed by atoms with Gasteiger partial charge in [0.25, 0.3) is 0 Å². The molecule has 5 heteroatoms. The van der Waals surface area contributed by atoms with E-state index in [1.807, 2.05) is 0 Å². The van der Waals surface area contributed by atoms with Gasteiger partial charge in [0.1, 0.15) is 0 Å². The van der Waals surface area contributed by atoms with Crippen LogP contribution in [0.1, 0.15) is 23.2 Å². The smallest absolute Gasteiger partial charge is 0.164 e. The summed E-state index contributed by atoms with van der Waals surface area (Å²) in [7, 11) is 1.62. The number of halogens is 2. The van der Waals surface area contributed by atoms with E-state index in [-0.39, 0.29) is 11.2 Å². The summed E-state index contributed by atoms with van der Waals surface area (Å²) in [4.78, 5) is 11.9. The topological polar surface area (TPSA) is 35.5 Å². The molecule has 0 heterocycles. The lowest BCUT2D eigenvalue weighted by molar-refractivity contribution is 0.0685. The molecule has 0 amide bonds. The molecule has 106 valence electrons. The Kier molecular flexibility index (Phi) is 8.07. The summed E-state index contributed by atoms with van der Waals surface area (Å²) >= 11 is 11.9. The standard InChI is InChI=1S/C14H18Cl2O3/c1-18-8-9-19-7-6-13(16)10-14(17)11-2-4-12(15)5-3-11/h2-5,13H,6-10H2,1H3. The molecule has 19 heavy (non-hydrogen) atoms. The van der Waals surface area contributed by atoms with Crippen molar-refractivity contribution in [1.82, 2.24) is 0 Å². The summed E-state index contributed by atoms with van der Waals surface area (Å²) in [6.07, 6.45) is 0.946.